The number of carbonyl (C=O) groups is 2. The number of halogens is 2. The molecule has 1 rings (SSSR count). The van der Waals surface area contributed by atoms with Crippen molar-refractivity contribution in [2.24, 2.45) is 0 Å². The monoisotopic (exact) mass is 353 g/mol. The maximum absolute atomic E-state index is 12.0. The Morgan fingerprint density at radius 2 is 1.90 bits per heavy atom. The Hall–Kier alpha value is -1.15. The minimum atomic E-state index is -3.82. The first-order chi connectivity index (χ1) is 9.74. The molecular formula is C12H13Cl2NO5S. The van der Waals surface area contributed by atoms with Gasteiger partial charge in [0.1, 0.15) is 0 Å². The number of carboxylic acids is 1. The van der Waals surface area contributed by atoms with E-state index in [1.165, 1.54) is 12.1 Å². The standard InChI is InChI=1S/C12H13Cl2NO5S/c13-10-5-4-8(7-9(10)12(17)18)21(19,20)15-6-2-1-3-11(14)16/h4-5,7,15H,1-3,6H2,(H,17,18). The molecule has 0 amide bonds. The van der Waals surface area contributed by atoms with Crippen molar-refractivity contribution in [3.63, 3.8) is 0 Å². The van der Waals surface area contributed by atoms with Crippen LogP contribution in [0.25, 0.3) is 0 Å². The second-order valence-electron chi connectivity index (χ2n) is 4.16. The number of aromatic carboxylic acids is 1. The third-order valence-corrected chi connectivity index (χ3v) is 4.55. The fourth-order valence-electron chi connectivity index (χ4n) is 1.51. The smallest absolute Gasteiger partial charge is 0.337 e. The van der Waals surface area contributed by atoms with Crippen molar-refractivity contribution in [3.8, 4) is 0 Å². The first kappa shape index (κ1) is 17.9. The molecule has 21 heavy (non-hydrogen) atoms. The number of hydrogen-bond donors (Lipinski definition) is 2. The van der Waals surface area contributed by atoms with Gasteiger partial charge in [0, 0.05) is 13.0 Å². The fraction of sp³-hybridized carbons (Fsp3) is 0.333. The molecule has 0 saturated carbocycles. The molecule has 0 aromatic heterocycles. The summed E-state index contributed by atoms with van der Waals surface area (Å²) in [4.78, 5) is 21.3. The highest BCUT2D eigenvalue weighted by molar-refractivity contribution is 7.89. The van der Waals surface area contributed by atoms with Crippen LogP contribution in [0.15, 0.2) is 23.1 Å². The lowest BCUT2D eigenvalue weighted by molar-refractivity contribution is -0.111. The van der Waals surface area contributed by atoms with Crippen molar-refractivity contribution in [2.75, 3.05) is 6.54 Å². The Morgan fingerprint density at radius 3 is 2.48 bits per heavy atom. The summed E-state index contributed by atoms with van der Waals surface area (Å²) in [6.45, 7) is 0.123. The van der Waals surface area contributed by atoms with Crippen molar-refractivity contribution >= 4 is 44.4 Å². The van der Waals surface area contributed by atoms with E-state index in [9.17, 15) is 18.0 Å². The molecule has 0 unspecified atom stereocenters. The van der Waals surface area contributed by atoms with Gasteiger partial charge in [-0.05, 0) is 42.6 Å². The van der Waals surface area contributed by atoms with Gasteiger partial charge in [-0.25, -0.2) is 17.9 Å². The van der Waals surface area contributed by atoms with Gasteiger partial charge in [-0.2, -0.15) is 0 Å². The molecule has 0 bridgehead atoms. The number of rotatable bonds is 8. The third kappa shape index (κ3) is 5.62. The summed E-state index contributed by atoms with van der Waals surface area (Å²) in [7, 11) is -3.82. The predicted molar refractivity (Wildman–Crippen MR) is 78.3 cm³/mol. The van der Waals surface area contributed by atoms with Crippen molar-refractivity contribution in [1.82, 2.24) is 4.72 Å². The number of nitrogens with one attached hydrogen (secondary N) is 1. The Bertz CT molecular complexity index is 645. The van der Waals surface area contributed by atoms with E-state index < -0.39 is 21.2 Å². The lowest BCUT2D eigenvalue weighted by Gasteiger charge is -2.08. The number of hydrogen-bond acceptors (Lipinski definition) is 4. The second kappa shape index (κ2) is 7.74. The summed E-state index contributed by atoms with van der Waals surface area (Å²) in [5.74, 6) is -1.31. The van der Waals surface area contributed by atoms with Crippen LogP contribution in [0, 0.1) is 0 Å². The molecule has 0 atom stereocenters. The topological polar surface area (TPSA) is 101 Å². The average Bonchev–Trinajstić information content (AvgIpc) is 2.37. The maximum atomic E-state index is 12.0. The van der Waals surface area contributed by atoms with Crippen molar-refractivity contribution in [3.05, 3.63) is 28.8 Å². The molecule has 9 heteroatoms. The molecule has 0 fully saturated rings. The van der Waals surface area contributed by atoms with Crippen molar-refractivity contribution in [2.45, 2.75) is 24.2 Å². The quantitative estimate of drug-likeness (QED) is 0.551. The van der Waals surface area contributed by atoms with Crippen LogP contribution in [0.4, 0.5) is 0 Å². The van der Waals surface area contributed by atoms with E-state index >= 15 is 0 Å². The van der Waals surface area contributed by atoms with Crippen LogP contribution in [0.2, 0.25) is 5.02 Å². The number of sulfonamides is 1. The van der Waals surface area contributed by atoms with Crippen LogP contribution in [0.3, 0.4) is 0 Å². The maximum Gasteiger partial charge on any atom is 0.337 e. The highest BCUT2D eigenvalue weighted by Gasteiger charge is 2.17. The zero-order chi connectivity index (χ0) is 16.0. The van der Waals surface area contributed by atoms with Crippen LogP contribution in [0.1, 0.15) is 29.6 Å². The van der Waals surface area contributed by atoms with Gasteiger partial charge in [0.05, 0.1) is 15.5 Å². The number of carboxylic acid groups (broad SMARTS) is 1. The summed E-state index contributed by atoms with van der Waals surface area (Å²) in [6, 6.07) is 3.43. The Kier molecular flexibility index (Phi) is 6.60. The van der Waals surface area contributed by atoms with Gasteiger partial charge in [0.25, 0.3) is 0 Å². The van der Waals surface area contributed by atoms with Crippen LogP contribution < -0.4 is 4.72 Å². The number of benzene rings is 1. The van der Waals surface area contributed by atoms with Gasteiger partial charge in [0.2, 0.25) is 15.3 Å². The number of carbonyl (C=O) groups excluding carboxylic acids is 1. The molecule has 116 valence electrons. The van der Waals surface area contributed by atoms with Gasteiger partial charge in [-0.15, -0.1) is 0 Å². The summed E-state index contributed by atoms with van der Waals surface area (Å²) in [5.41, 5.74) is -0.285. The predicted octanol–water partition coefficient (Wildman–Crippen LogP) is 2.25. The van der Waals surface area contributed by atoms with E-state index in [1.807, 2.05) is 0 Å². The van der Waals surface area contributed by atoms with E-state index in [-0.39, 0.29) is 28.4 Å². The van der Waals surface area contributed by atoms with Gasteiger partial charge in [-0.1, -0.05) is 11.6 Å². The Balaban J connectivity index is 2.72. The molecule has 1 aromatic rings. The van der Waals surface area contributed by atoms with E-state index in [4.69, 9.17) is 28.3 Å². The summed E-state index contributed by atoms with van der Waals surface area (Å²) in [6.07, 6.45) is 1.08. The Labute approximate surface area is 132 Å². The van der Waals surface area contributed by atoms with Crippen LogP contribution in [-0.4, -0.2) is 31.3 Å². The minimum absolute atomic E-state index is 0.0397. The average molecular weight is 354 g/mol. The van der Waals surface area contributed by atoms with Crippen LogP contribution >= 0.6 is 23.2 Å². The Morgan fingerprint density at radius 1 is 1.24 bits per heavy atom. The van der Waals surface area contributed by atoms with Crippen LogP contribution in [-0.2, 0) is 14.8 Å². The van der Waals surface area contributed by atoms with Gasteiger partial charge in [-0.3, -0.25) is 4.79 Å². The molecule has 0 aliphatic carbocycles. The van der Waals surface area contributed by atoms with Crippen LogP contribution in [0.5, 0.6) is 0 Å². The number of unbranched alkanes of at least 4 members (excludes halogenated alkanes) is 1. The molecule has 0 spiro atoms. The first-order valence-corrected chi connectivity index (χ1v) is 8.19. The fourth-order valence-corrected chi connectivity index (χ4v) is 2.95. The molecule has 6 nitrogen and oxygen atoms in total. The van der Waals surface area contributed by atoms with Gasteiger partial charge >= 0.3 is 5.97 Å². The summed E-state index contributed by atoms with van der Waals surface area (Å²) < 4.78 is 26.3. The molecule has 0 aliphatic rings. The SMILES string of the molecule is O=C(Cl)CCCCNS(=O)(=O)c1ccc(Cl)c(C(=O)O)c1. The molecule has 1 aromatic carbocycles. The highest BCUT2D eigenvalue weighted by atomic mass is 35.5. The lowest BCUT2D eigenvalue weighted by atomic mass is 10.2. The zero-order valence-corrected chi connectivity index (χ0v) is 13.1. The third-order valence-electron chi connectivity index (χ3n) is 2.57. The van der Waals surface area contributed by atoms with E-state index in [2.05, 4.69) is 4.72 Å². The zero-order valence-electron chi connectivity index (χ0n) is 10.8. The van der Waals surface area contributed by atoms with Gasteiger partial charge < -0.3 is 5.11 Å². The molecule has 0 heterocycles. The molecule has 0 radical (unpaired) electrons. The summed E-state index contributed by atoms with van der Waals surface area (Å²) in [5, 5.41) is 8.40. The van der Waals surface area contributed by atoms with E-state index in [0.717, 1.165) is 6.07 Å². The highest BCUT2D eigenvalue weighted by Crippen LogP contribution is 2.20. The molecule has 0 saturated heterocycles. The van der Waals surface area contributed by atoms with E-state index in [0.29, 0.717) is 12.8 Å². The second-order valence-corrected chi connectivity index (χ2v) is 6.75. The lowest BCUT2D eigenvalue weighted by Crippen LogP contribution is -2.25. The summed E-state index contributed by atoms with van der Waals surface area (Å²) >= 11 is 10.8. The normalized spacial score (nSPS) is 11.3. The largest absolute Gasteiger partial charge is 0.478 e. The van der Waals surface area contributed by atoms with Crippen molar-refractivity contribution < 1.29 is 23.1 Å². The van der Waals surface area contributed by atoms with Gasteiger partial charge in [0.15, 0.2) is 0 Å². The van der Waals surface area contributed by atoms with Crippen molar-refractivity contribution in [1.29, 1.82) is 0 Å². The molecule has 2 N–H and O–H groups in total. The van der Waals surface area contributed by atoms with E-state index in [1.54, 1.807) is 0 Å². The molecule has 0 aliphatic heterocycles. The molecular weight excluding hydrogens is 341 g/mol. The minimum Gasteiger partial charge on any atom is -0.478 e. The first-order valence-electron chi connectivity index (χ1n) is 5.95.